The van der Waals surface area contributed by atoms with E-state index in [-0.39, 0.29) is 5.41 Å². The minimum absolute atomic E-state index is 0.174. The molecule has 0 spiro atoms. The van der Waals surface area contributed by atoms with E-state index in [0.717, 1.165) is 15.6 Å². The molecule has 0 atom stereocenters. The highest BCUT2D eigenvalue weighted by Gasteiger charge is 2.44. The van der Waals surface area contributed by atoms with Crippen LogP contribution in [0, 0.1) is 0 Å². The van der Waals surface area contributed by atoms with Gasteiger partial charge in [-0.15, -0.1) is 0 Å². The van der Waals surface area contributed by atoms with Crippen LogP contribution in [-0.4, -0.2) is 11.7 Å². The van der Waals surface area contributed by atoms with Crippen molar-refractivity contribution in [3.63, 3.8) is 0 Å². The molecule has 1 aliphatic carbocycles. The van der Waals surface area contributed by atoms with Crippen molar-refractivity contribution in [2.75, 3.05) is 6.54 Å². The molecule has 1 heterocycles. The summed E-state index contributed by atoms with van der Waals surface area (Å²) < 4.78 is 6.00. The number of nitrogens with two attached hydrogens (primary N) is 1. The molecule has 1 aromatic carbocycles. The van der Waals surface area contributed by atoms with Gasteiger partial charge in [0.2, 0.25) is 0 Å². The molecule has 3 rings (SSSR count). The van der Waals surface area contributed by atoms with E-state index < -0.39 is 0 Å². The summed E-state index contributed by atoms with van der Waals surface area (Å²) in [5.74, 6) is 0. The molecule has 0 saturated heterocycles. The van der Waals surface area contributed by atoms with Crippen LogP contribution in [0.2, 0.25) is 0 Å². The van der Waals surface area contributed by atoms with Crippen LogP contribution in [0.1, 0.15) is 18.4 Å². The zero-order valence-electron chi connectivity index (χ0n) is 8.16. The first-order valence-electron chi connectivity index (χ1n) is 5.01. The Hall–Kier alpha value is -0.870. The Bertz CT molecular complexity index is 516. The number of benzene rings is 1. The maximum atomic E-state index is 5.84. The van der Waals surface area contributed by atoms with Crippen molar-refractivity contribution < 1.29 is 4.52 Å². The van der Waals surface area contributed by atoms with E-state index >= 15 is 0 Å². The number of nitrogens with zero attached hydrogens (tertiary/aromatic N) is 1. The summed E-state index contributed by atoms with van der Waals surface area (Å²) in [6.07, 6.45) is 2.33. The maximum absolute atomic E-state index is 5.84. The van der Waals surface area contributed by atoms with Crippen LogP contribution in [-0.2, 0) is 5.41 Å². The highest BCUT2D eigenvalue weighted by Crippen LogP contribution is 2.50. The molecule has 1 saturated carbocycles. The molecule has 2 N–H and O–H groups in total. The van der Waals surface area contributed by atoms with E-state index in [1.165, 1.54) is 18.4 Å². The average molecular weight is 267 g/mol. The minimum Gasteiger partial charge on any atom is -0.355 e. The van der Waals surface area contributed by atoms with Crippen LogP contribution in [0.5, 0.6) is 0 Å². The standard InChI is InChI=1S/C11H11BrN2O/c12-10-9-7(11(6-13)4-5-11)2-1-3-8(9)15-14-10/h1-3H,4-6,13H2. The van der Waals surface area contributed by atoms with Crippen LogP contribution in [0.25, 0.3) is 11.0 Å². The average Bonchev–Trinajstić information content (AvgIpc) is 2.98. The van der Waals surface area contributed by atoms with Gasteiger partial charge in [-0.1, -0.05) is 17.3 Å². The van der Waals surface area contributed by atoms with Crippen LogP contribution < -0.4 is 5.73 Å². The van der Waals surface area contributed by atoms with Gasteiger partial charge in [-0.25, -0.2) is 0 Å². The largest absolute Gasteiger partial charge is 0.355 e. The lowest BCUT2D eigenvalue weighted by molar-refractivity contribution is 0.451. The molecule has 0 radical (unpaired) electrons. The second kappa shape index (κ2) is 3.06. The molecule has 1 fully saturated rings. The summed E-state index contributed by atoms with van der Waals surface area (Å²) in [5.41, 5.74) is 8.12. The number of halogens is 1. The van der Waals surface area contributed by atoms with Gasteiger partial charge < -0.3 is 10.3 Å². The van der Waals surface area contributed by atoms with Crippen LogP contribution in [0.3, 0.4) is 0 Å². The van der Waals surface area contributed by atoms with E-state index in [9.17, 15) is 0 Å². The van der Waals surface area contributed by atoms with E-state index in [1.54, 1.807) is 0 Å². The third-order valence-corrected chi connectivity index (χ3v) is 3.81. The van der Waals surface area contributed by atoms with Gasteiger partial charge in [0.25, 0.3) is 0 Å². The third kappa shape index (κ3) is 1.25. The fourth-order valence-corrected chi connectivity index (χ4v) is 2.61. The molecular weight excluding hydrogens is 256 g/mol. The van der Waals surface area contributed by atoms with Gasteiger partial charge in [0.05, 0.1) is 5.39 Å². The zero-order valence-corrected chi connectivity index (χ0v) is 9.75. The Morgan fingerprint density at radius 1 is 1.47 bits per heavy atom. The normalized spacial score (nSPS) is 18.3. The molecule has 3 nitrogen and oxygen atoms in total. The van der Waals surface area contributed by atoms with Crippen molar-refractivity contribution >= 4 is 26.9 Å². The predicted octanol–water partition coefficient (Wildman–Crippen LogP) is 2.58. The van der Waals surface area contributed by atoms with E-state index in [0.29, 0.717) is 6.54 Å². The van der Waals surface area contributed by atoms with E-state index in [1.807, 2.05) is 12.1 Å². The van der Waals surface area contributed by atoms with Crippen molar-refractivity contribution in [1.82, 2.24) is 5.16 Å². The highest BCUT2D eigenvalue weighted by molar-refractivity contribution is 9.10. The zero-order chi connectivity index (χ0) is 10.5. The number of fused-ring (bicyclic) bond motifs is 1. The summed E-state index contributed by atoms with van der Waals surface area (Å²) in [7, 11) is 0. The Balaban J connectivity index is 2.30. The Morgan fingerprint density at radius 2 is 2.27 bits per heavy atom. The molecule has 0 bridgehead atoms. The number of hydrogen-bond acceptors (Lipinski definition) is 3. The minimum atomic E-state index is 0.174. The van der Waals surface area contributed by atoms with Crippen molar-refractivity contribution in [3.8, 4) is 0 Å². The van der Waals surface area contributed by atoms with Crippen molar-refractivity contribution in [2.45, 2.75) is 18.3 Å². The first-order chi connectivity index (χ1) is 7.27. The van der Waals surface area contributed by atoms with E-state index in [4.69, 9.17) is 10.3 Å². The second-order valence-electron chi connectivity index (χ2n) is 4.14. The first kappa shape index (κ1) is 9.36. The summed E-state index contributed by atoms with van der Waals surface area (Å²) >= 11 is 3.42. The Morgan fingerprint density at radius 3 is 2.93 bits per heavy atom. The van der Waals surface area contributed by atoms with Crippen molar-refractivity contribution in [1.29, 1.82) is 0 Å². The third-order valence-electron chi connectivity index (χ3n) is 3.27. The Labute approximate surface area is 95.7 Å². The van der Waals surface area contributed by atoms with Gasteiger partial charge in [0.1, 0.15) is 0 Å². The summed E-state index contributed by atoms with van der Waals surface area (Å²) in [5, 5.41) is 5.02. The molecule has 78 valence electrons. The van der Waals surface area contributed by atoms with Gasteiger partial charge >= 0.3 is 0 Å². The molecule has 15 heavy (non-hydrogen) atoms. The summed E-state index contributed by atoms with van der Waals surface area (Å²) in [6, 6.07) is 6.07. The van der Waals surface area contributed by atoms with Crippen LogP contribution >= 0.6 is 15.9 Å². The summed E-state index contributed by atoms with van der Waals surface area (Å²) in [4.78, 5) is 0. The van der Waals surface area contributed by atoms with Crippen molar-refractivity contribution in [3.05, 3.63) is 28.4 Å². The fourth-order valence-electron chi connectivity index (χ4n) is 2.13. The molecule has 4 heteroatoms. The SMILES string of the molecule is NCC1(c2cccc3onc(Br)c23)CC1. The van der Waals surface area contributed by atoms with Gasteiger partial charge in [-0.2, -0.15) is 0 Å². The lowest BCUT2D eigenvalue weighted by atomic mass is 9.93. The van der Waals surface area contributed by atoms with Gasteiger partial charge in [-0.05, 0) is 40.4 Å². The topological polar surface area (TPSA) is 52.0 Å². The summed E-state index contributed by atoms with van der Waals surface area (Å²) in [6.45, 7) is 0.698. The molecule has 1 aliphatic rings. The molecule has 2 aromatic rings. The maximum Gasteiger partial charge on any atom is 0.168 e. The van der Waals surface area contributed by atoms with Crippen LogP contribution in [0.4, 0.5) is 0 Å². The van der Waals surface area contributed by atoms with Gasteiger partial charge in [-0.3, -0.25) is 0 Å². The first-order valence-corrected chi connectivity index (χ1v) is 5.81. The molecule has 0 amide bonds. The highest BCUT2D eigenvalue weighted by atomic mass is 79.9. The monoisotopic (exact) mass is 266 g/mol. The lowest BCUT2D eigenvalue weighted by Gasteiger charge is -2.13. The molecule has 1 aromatic heterocycles. The molecular formula is C11H11BrN2O. The van der Waals surface area contributed by atoms with Crippen molar-refractivity contribution in [2.24, 2.45) is 5.73 Å². The van der Waals surface area contributed by atoms with Gasteiger partial charge in [0, 0.05) is 12.0 Å². The lowest BCUT2D eigenvalue weighted by Crippen LogP contribution is -2.19. The number of rotatable bonds is 2. The van der Waals surface area contributed by atoms with Gasteiger partial charge in [0.15, 0.2) is 10.2 Å². The second-order valence-corrected chi connectivity index (χ2v) is 4.89. The molecule has 0 unspecified atom stereocenters. The van der Waals surface area contributed by atoms with E-state index in [2.05, 4.69) is 27.2 Å². The molecule has 0 aliphatic heterocycles. The quantitative estimate of drug-likeness (QED) is 0.909. The predicted molar refractivity (Wildman–Crippen MR) is 61.7 cm³/mol. The fraction of sp³-hybridized carbons (Fsp3) is 0.364. The van der Waals surface area contributed by atoms with Crippen LogP contribution in [0.15, 0.2) is 27.3 Å². The smallest absolute Gasteiger partial charge is 0.168 e. The number of aromatic nitrogens is 1. The Kier molecular flexibility index (Phi) is 1.91. The number of hydrogen-bond donors (Lipinski definition) is 1.